The summed E-state index contributed by atoms with van der Waals surface area (Å²) < 4.78 is 3.12. The standard InChI is InChI=1S/C18H22BrN3OS/c1-13-4-3-9-22(11-13)17(23)12-24-18-20-10-16(21(18)2)14-5-7-15(19)8-6-14/h5-8,10,13H,3-4,9,11-12H2,1-2H3. The van der Waals surface area contributed by atoms with Gasteiger partial charge < -0.3 is 9.47 Å². The van der Waals surface area contributed by atoms with Gasteiger partial charge in [0.05, 0.1) is 17.6 Å². The normalized spacial score (nSPS) is 18.0. The maximum Gasteiger partial charge on any atom is 0.233 e. The zero-order valence-electron chi connectivity index (χ0n) is 14.0. The first-order chi connectivity index (χ1) is 11.5. The number of piperidine rings is 1. The molecule has 1 atom stereocenters. The molecule has 0 aliphatic carbocycles. The fraction of sp³-hybridized carbons (Fsp3) is 0.444. The van der Waals surface area contributed by atoms with E-state index in [1.165, 1.54) is 18.2 Å². The van der Waals surface area contributed by atoms with Gasteiger partial charge in [-0.1, -0.05) is 46.7 Å². The summed E-state index contributed by atoms with van der Waals surface area (Å²) in [4.78, 5) is 18.9. The molecule has 128 valence electrons. The number of carbonyl (C=O) groups excluding carboxylic acids is 1. The second-order valence-electron chi connectivity index (χ2n) is 6.37. The molecule has 24 heavy (non-hydrogen) atoms. The molecule has 0 spiro atoms. The fourth-order valence-electron chi connectivity index (χ4n) is 3.05. The Morgan fingerprint density at radius 3 is 2.83 bits per heavy atom. The molecule has 0 radical (unpaired) electrons. The average Bonchev–Trinajstić information content (AvgIpc) is 2.94. The number of halogens is 1. The van der Waals surface area contributed by atoms with Gasteiger partial charge >= 0.3 is 0 Å². The largest absolute Gasteiger partial charge is 0.342 e. The molecule has 2 aromatic rings. The van der Waals surface area contributed by atoms with Gasteiger partial charge in [-0.05, 0) is 36.5 Å². The number of rotatable bonds is 4. The first kappa shape index (κ1) is 17.5. The van der Waals surface area contributed by atoms with Crippen molar-refractivity contribution < 1.29 is 4.79 Å². The van der Waals surface area contributed by atoms with Crippen molar-refractivity contribution in [1.29, 1.82) is 0 Å². The van der Waals surface area contributed by atoms with Crippen molar-refractivity contribution in [2.24, 2.45) is 13.0 Å². The van der Waals surface area contributed by atoms with Crippen LogP contribution in [0.4, 0.5) is 0 Å². The van der Waals surface area contributed by atoms with Crippen LogP contribution in [0.5, 0.6) is 0 Å². The number of aromatic nitrogens is 2. The molecule has 0 saturated carbocycles. The Balaban J connectivity index is 1.64. The van der Waals surface area contributed by atoms with E-state index in [-0.39, 0.29) is 5.91 Å². The molecule has 0 N–H and O–H groups in total. The minimum absolute atomic E-state index is 0.222. The molecular formula is C18H22BrN3OS. The Labute approximate surface area is 155 Å². The summed E-state index contributed by atoms with van der Waals surface area (Å²) in [5.41, 5.74) is 2.18. The number of nitrogens with zero attached hydrogens (tertiary/aromatic N) is 3. The van der Waals surface area contributed by atoms with Crippen LogP contribution in [0.2, 0.25) is 0 Å². The lowest BCUT2D eigenvalue weighted by Crippen LogP contribution is -2.40. The van der Waals surface area contributed by atoms with Crippen LogP contribution in [0.25, 0.3) is 11.3 Å². The Bertz CT molecular complexity index is 714. The predicted octanol–water partition coefficient (Wildman–Crippen LogP) is 4.20. The molecule has 1 unspecified atom stereocenters. The lowest BCUT2D eigenvalue weighted by atomic mass is 10.0. The lowest BCUT2D eigenvalue weighted by molar-refractivity contribution is -0.130. The number of likely N-dealkylation sites (tertiary alicyclic amines) is 1. The molecule has 3 rings (SSSR count). The number of thioether (sulfide) groups is 1. The summed E-state index contributed by atoms with van der Waals surface area (Å²) in [6, 6.07) is 8.18. The van der Waals surface area contributed by atoms with Gasteiger partial charge in [0.2, 0.25) is 5.91 Å². The highest BCUT2D eigenvalue weighted by Gasteiger charge is 2.21. The fourth-order valence-corrected chi connectivity index (χ4v) is 4.17. The average molecular weight is 408 g/mol. The second-order valence-corrected chi connectivity index (χ2v) is 8.23. The van der Waals surface area contributed by atoms with Gasteiger partial charge in [0, 0.05) is 24.6 Å². The molecule has 2 heterocycles. The summed E-state index contributed by atoms with van der Waals surface area (Å²) >= 11 is 4.98. The van der Waals surface area contributed by atoms with E-state index in [1.807, 2.05) is 30.3 Å². The smallest absolute Gasteiger partial charge is 0.233 e. The molecule has 1 amide bonds. The first-order valence-electron chi connectivity index (χ1n) is 8.23. The summed E-state index contributed by atoms with van der Waals surface area (Å²) in [6.07, 6.45) is 4.22. The van der Waals surface area contributed by atoms with Crippen LogP contribution in [0.3, 0.4) is 0 Å². The van der Waals surface area contributed by atoms with Crippen LogP contribution < -0.4 is 0 Å². The van der Waals surface area contributed by atoms with E-state index in [0.717, 1.165) is 40.4 Å². The van der Waals surface area contributed by atoms with Crippen molar-refractivity contribution >= 4 is 33.6 Å². The van der Waals surface area contributed by atoms with E-state index in [9.17, 15) is 4.79 Å². The molecule has 1 aromatic carbocycles. The van der Waals surface area contributed by atoms with Crippen molar-refractivity contribution in [2.45, 2.75) is 24.9 Å². The topological polar surface area (TPSA) is 38.1 Å². The van der Waals surface area contributed by atoms with Crippen molar-refractivity contribution in [1.82, 2.24) is 14.5 Å². The van der Waals surface area contributed by atoms with E-state index < -0.39 is 0 Å². The van der Waals surface area contributed by atoms with Crippen LogP contribution in [-0.2, 0) is 11.8 Å². The van der Waals surface area contributed by atoms with E-state index >= 15 is 0 Å². The number of carbonyl (C=O) groups is 1. The summed E-state index contributed by atoms with van der Waals surface area (Å²) in [6.45, 7) is 4.01. The van der Waals surface area contributed by atoms with Gasteiger partial charge in [-0.2, -0.15) is 0 Å². The number of benzene rings is 1. The van der Waals surface area contributed by atoms with E-state index in [4.69, 9.17) is 0 Å². The number of hydrogen-bond acceptors (Lipinski definition) is 3. The molecule has 4 nitrogen and oxygen atoms in total. The van der Waals surface area contributed by atoms with Gasteiger partial charge in [-0.3, -0.25) is 4.79 Å². The molecule has 1 fully saturated rings. The van der Waals surface area contributed by atoms with Gasteiger partial charge in [-0.15, -0.1) is 0 Å². The minimum atomic E-state index is 0.222. The number of hydrogen-bond donors (Lipinski definition) is 0. The highest BCUT2D eigenvalue weighted by molar-refractivity contribution is 9.10. The van der Waals surface area contributed by atoms with Crippen molar-refractivity contribution in [2.75, 3.05) is 18.8 Å². The van der Waals surface area contributed by atoms with Crippen LogP contribution in [0, 0.1) is 5.92 Å². The van der Waals surface area contributed by atoms with Crippen molar-refractivity contribution in [3.8, 4) is 11.3 Å². The van der Waals surface area contributed by atoms with Crippen LogP contribution in [0.15, 0.2) is 40.1 Å². The zero-order valence-corrected chi connectivity index (χ0v) is 16.4. The maximum absolute atomic E-state index is 12.4. The first-order valence-corrected chi connectivity index (χ1v) is 10.0. The van der Waals surface area contributed by atoms with Gasteiger partial charge in [-0.25, -0.2) is 4.98 Å². The van der Waals surface area contributed by atoms with Crippen LogP contribution in [-0.4, -0.2) is 39.2 Å². The minimum Gasteiger partial charge on any atom is -0.342 e. The Morgan fingerprint density at radius 2 is 2.12 bits per heavy atom. The highest BCUT2D eigenvalue weighted by Crippen LogP contribution is 2.26. The Hall–Kier alpha value is -1.27. The van der Waals surface area contributed by atoms with Crippen LogP contribution >= 0.6 is 27.7 Å². The quantitative estimate of drug-likeness (QED) is 0.712. The maximum atomic E-state index is 12.4. The third-order valence-electron chi connectivity index (χ3n) is 4.42. The molecule has 1 saturated heterocycles. The summed E-state index contributed by atoms with van der Waals surface area (Å²) in [5.74, 6) is 1.29. The lowest BCUT2D eigenvalue weighted by Gasteiger charge is -2.30. The third kappa shape index (κ3) is 4.03. The third-order valence-corrected chi connectivity index (χ3v) is 5.98. The predicted molar refractivity (Wildman–Crippen MR) is 102 cm³/mol. The molecule has 6 heteroatoms. The van der Waals surface area contributed by atoms with Crippen molar-refractivity contribution in [3.63, 3.8) is 0 Å². The highest BCUT2D eigenvalue weighted by atomic mass is 79.9. The van der Waals surface area contributed by atoms with E-state index in [1.54, 1.807) is 0 Å². The molecule has 1 aromatic heterocycles. The van der Waals surface area contributed by atoms with E-state index in [2.05, 4.69) is 44.5 Å². The summed E-state index contributed by atoms with van der Waals surface area (Å²) in [5, 5.41) is 0.881. The van der Waals surface area contributed by atoms with E-state index in [0.29, 0.717) is 11.7 Å². The molecule has 0 bridgehead atoms. The van der Waals surface area contributed by atoms with Gasteiger partial charge in [0.1, 0.15) is 0 Å². The van der Waals surface area contributed by atoms with Crippen LogP contribution in [0.1, 0.15) is 19.8 Å². The van der Waals surface area contributed by atoms with Crippen molar-refractivity contribution in [3.05, 3.63) is 34.9 Å². The monoisotopic (exact) mass is 407 g/mol. The second kappa shape index (κ2) is 7.74. The number of amides is 1. The zero-order chi connectivity index (χ0) is 17.1. The van der Waals surface area contributed by atoms with Gasteiger partial charge in [0.25, 0.3) is 0 Å². The van der Waals surface area contributed by atoms with Gasteiger partial charge in [0.15, 0.2) is 5.16 Å². The Morgan fingerprint density at radius 1 is 1.38 bits per heavy atom. The SMILES string of the molecule is CC1CCCN(C(=O)CSc2ncc(-c3ccc(Br)cc3)n2C)C1. The number of imidazole rings is 1. The summed E-state index contributed by atoms with van der Waals surface area (Å²) in [7, 11) is 2.00. The molecule has 1 aliphatic rings. The molecular weight excluding hydrogens is 386 g/mol. The molecule has 1 aliphatic heterocycles. The Kier molecular flexibility index (Phi) is 5.66.